The van der Waals surface area contributed by atoms with E-state index in [1.54, 1.807) is 59.6 Å². The molecule has 1 aliphatic heterocycles. The first-order valence-electron chi connectivity index (χ1n) is 13.6. The summed E-state index contributed by atoms with van der Waals surface area (Å²) in [6, 6.07) is 16.6. The lowest BCUT2D eigenvalue weighted by molar-refractivity contribution is -0.137. The van der Waals surface area contributed by atoms with Crippen molar-refractivity contribution < 1.29 is 18.8 Å². The summed E-state index contributed by atoms with van der Waals surface area (Å²) in [5.41, 5.74) is 3.83. The smallest absolute Gasteiger partial charge is 0.247 e. The predicted octanol–water partition coefficient (Wildman–Crippen LogP) is 6.32. The molecule has 6 rings (SSSR count). The van der Waals surface area contributed by atoms with Crippen LogP contribution in [0.5, 0.6) is 0 Å². The fraction of sp³-hybridized carbons (Fsp3) is 0.188. The highest BCUT2D eigenvalue weighted by Crippen LogP contribution is 2.33. The molecule has 42 heavy (non-hydrogen) atoms. The van der Waals surface area contributed by atoms with Gasteiger partial charge in [0.1, 0.15) is 12.6 Å². The van der Waals surface area contributed by atoms with Gasteiger partial charge in [-0.05, 0) is 49.6 Å². The zero-order chi connectivity index (χ0) is 29.4. The molecule has 0 saturated carbocycles. The quantitative estimate of drug-likeness (QED) is 0.219. The Morgan fingerprint density at radius 1 is 1.07 bits per heavy atom. The maximum absolute atomic E-state index is 15.5. The lowest BCUT2D eigenvalue weighted by Crippen LogP contribution is -2.44. The molecule has 0 bridgehead atoms. The number of hydrogen-bond donors (Lipinski definition) is 2. The van der Waals surface area contributed by atoms with Crippen LogP contribution in [-0.4, -0.2) is 49.8 Å². The number of nitrogens with one attached hydrogen (secondary N) is 2. The van der Waals surface area contributed by atoms with Crippen molar-refractivity contribution in [1.29, 1.82) is 0 Å². The van der Waals surface area contributed by atoms with Crippen molar-refractivity contribution >= 4 is 45.8 Å². The molecule has 1 saturated heterocycles. The number of aromatic nitrogens is 3. The van der Waals surface area contributed by atoms with Crippen LogP contribution in [0.15, 0.2) is 79.3 Å². The van der Waals surface area contributed by atoms with Crippen molar-refractivity contribution in [2.24, 2.45) is 0 Å². The predicted molar refractivity (Wildman–Crippen MR) is 160 cm³/mol. The number of carbonyl (C=O) groups is 3. The van der Waals surface area contributed by atoms with Crippen molar-refractivity contribution in [1.82, 2.24) is 19.7 Å². The Balaban J connectivity index is 1.22. The maximum atomic E-state index is 15.5. The Labute approximate surface area is 246 Å². The van der Waals surface area contributed by atoms with Gasteiger partial charge in [-0.3, -0.25) is 19.5 Å². The summed E-state index contributed by atoms with van der Waals surface area (Å²) >= 11 is 6.28. The molecule has 10 heteroatoms. The fourth-order valence-electron chi connectivity index (χ4n) is 5.60. The van der Waals surface area contributed by atoms with Gasteiger partial charge in [-0.15, -0.1) is 0 Å². The number of Topliss-reactive ketones (excluding diaryl/α,β-unsaturated/α-hetero) is 1. The van der Waals surface area contributed by atoms with Gasteiger partial charge in [0.25, 0.3) is 0 Å². The van der Waals surface area contributed by atoms with Crippen LogP contribution in [0.1, 0.15) is 30.1 Å². The number of halogens is 2. The molecule has 3 aromatic carbocycles. The van der Waals surface area contributed by atoms with Crippen molar-refractivity contribution in [3.63, 3.8) is 0 Å². The van der Waals surface area contributed by atoms with Crippen LogP contribution in [0.3, 0.4) is 0 Å². The zero-order valence-electron chi connectivity index (χ0n) is 22.7. The van der Waals surface area contributed by atoms with Crippen LogP contribution < -0.4 is 5.32 Å². The molecule has 3 heterocycles. The van der Waals surface area contributed by atoms with E-state index >= 15 is 4.39 Å². The largest absolute Gasteiger partial charge is 0.337 e. The van der Waals surface area contributed by atoms with E-state index in [1.807, 2.05) is 18.2 Å². The van der Waals surface area contributed by atoms with Crippen molar-refractivity contribution in [2.45, 2.75) is 32.4 Å². The number of ketones is 1. The van der Waals surface area contributed by atoms with E-state index in [0.717, 1.165) is 22.0 Å². The third-order valence-corrected chi connectivity index (χ3v) is 8.02. The molecular formula is C32H27ClFN5O3. The second kappa shape index (κ2) is 11.3. The number of fused-ring (bicyclic) bond motifs is 1. The number of nitrogens with zero attached hydrogens (tertiary/aromatic N) is 3. The molecular weight excluding hydrogens is 557 g/mol. The minimum Gasteiger partial charge on any atom is -0.337 e. The van der Waals surface area contributed by atoms with Crippen LogP contribution in [-0.2, 0) is 16.1 Å². The maximum Gasteiger partial charge on any atom is 0.247 e. The normalized spacial score (nSPS) is 14.8. The molecule has 0 radical (unpaired) electrons. The molecule has 1 atom stereocenters. The van der Waals surface area contributed by atoms with Gasteiger partial charge in [-0.2, -0.15) is 5.10 Å². The second-order valence-corrected chi connectivity index (χ2v) is 10.7. The molecule has 0 unspecified atom stereocenters. The Kier molecular flexibility index (Phi) is 7.34. The van der Waals surface area contributed by atoms with E-state index < -0.39 is 17.8 Å². The zero-order valence-corrected chi connectivity index (χ0v) is 23.5. The van der Waals surface area contributed by atoms with Gasteiger partial charge in [0, 0.05) is 57.1 Å². The highest BCUT2D eigenvalue weighted by molar-refractivity contribution is 6.33. The van der Waals surface area contributed by atoms with Crippen LogP contribution in [0.2, 0.25) is 5.02 Å². The summed E-state index contributed by atoms with van der Waals surface area (Å²) in [5.74, 6) is -1.43. The number of amides is 2. The molecule has 2 amide bonds. The minimum absolute atomic E-state index is 0.0210. The minimum atomic E-state index is -0.748. The van der Waals surface area contributed by atoms with Crippen molar-refractivity contribution in [2.75, 3.05) is 11.9 Å². The summed E-state index contributed by atoms with van der Waals surface area (Å²) in [7, 11) is 0. The topological polar surface area (TPSA) is 100 Å². The van der Waals surface area contributed by atoms with Gasteiger partial charge < -0.3 is 14.8 Å². The van der Waals surface area contributed by atoms with Gasteiger partial charge in [-0.1, -0.05) is 48.0 Å². The van der Waals surface area contributed by atoms with E-state index in [0.29, 0.717) is 35.5 Å². The standard InChI is InChI=1S/C32H27ClFN5O3/c1-19(40)25-17-38(28-12-11-20(14-24(25)28)21-15-35-36-16-21)18-30(41)39-13-5-10-29(39)32(42)37-27-9-4-7-23(31(27)34)22-6-2-3-8-26(22)33/h2-4,6-9,11-12,14-17,29H,5,10,13,18H2,1H3,(H,35,36)(H,37,42)/t29-/m0/s1. The van der Waals surface area contributed by atoms with Crippen molar-refractivity contribution in [3.05, 3.63) is 95.7 Å². The summed E-state index contributed by atoms with van der Waals surface area (Å²) in [6.07, 6.45) is 6.26. The molecule has 2 N–H and O–H groups in total. The first-order chi connectivity index (χ1) is 20.3. The van der Waals surface area contributed by atoms with Gasteiger partial charge in [0.2, 0.25) is 11.8 Å². The highest BCUT2D eigenvalue weighted by atomic mass is 35.5. The summed E-state index contributed by atoms with van der Waals surface area (Å²) in [4.78, 5) is 40.9. The highest BCUT2D eigenvalue weighted by Gasteiger charge is 2.35. The molecule has 1 fully saturated rings. The first kappa shape index (κ1) is 27.4. The Morgan fingerprint density at radius 3 is 2.64 bits per heavy atom. The fourth-order valence-corrected chi connectivity index (χ4v) is 5.84. The van der Waals surface area contributed by atoms with E-state index in [9.17, 15) is 14.4 Å². The lowest BCUT2D eigenvalue weighted by Gasteiger charge is -2.24. The van der Waals surface area contributed by atoms with Gasteiger partial charge >= 0.3 is 0 Å². The molecule has 212 valence electrons. The number of anilines is 1. The van der Waals surface area contributed by atoms with E-state index in [4.69, 9.17) is 11.6 Å². The summed E-state index contributed by atoms with van der Waals surface area (Å²) < 4.78 is 17.2. The van der Waals surface area contributed by atoms with Gasteiger partial charge in [-0.25, -0.2) is 4.39 Å². The molecule has 1 aliphatic rings. The monoisotopic (exact) mass is 583 g/mol. The average molecular weight is 584 g/mol. The molecule has 0 spiro atoms. The lowest BCUT2D eigenvalue weighted by atomic mass is 10.0. The molecule has 5 aromatic rings. The molecule has 2 aromatic heterocycles. The average Bonchev–Trinajstić information content (AvgIpc) is 3.75. The SMILES string of the molecule is CC(=O)c1cn(CC(=O)N2CCC[C@H]2C(=O)Nc2cccc(-c3ccccc3Cl)c2F)c2ccc(-c3cn[nH]c3)cc12. The van der Waals surface area contributed by atoms with Crippen LogP contribution >= 0.6 is 11.6 Å². The summed E-state index contributed by atoms with van der Waals surface area (Å²) in [5, 5.41) is 10.6. The van der Waals surface area contributed by atoms with Crippen LogP contribution in [0.25, 0.3) is 33.2 Å². The number of rotatable bonds is 7. The van der Waals surface area contributed by atoms with Crippen LogP contribution in [0, 0.1) is 5.82 Å². The first-order valence-corrected chi connectivity index (χ1v) is 14.0. The molecule has 0 aliphatic carbocycles. The number of aromatic amines is 1. The number of likely N-dealkylation sites (tertiary alicyclic amines) is 1. The second-order valence-electron chi connectivity index (χ2n) is 10.3. The van der Waals surface area contributed by atoms with Crippen LogP contribution in [0.4, 0.5) is 10.1 Å². The van der Waals surface area contributed by atoms with E-state index in [1.165, 1.54) is 17.9 Å². The third kappa shape index (κ3) is 5.07. The summed E-state index contributed by atoms with van der Waals surface area (Å²) in [6.45, 7) is 1.85. The van der Waals surface area contributed by atoms with Crippen molar-refractivity contribution in [3.8, 4) is 22.3 Å². The van der Waals surface area contributed by atoms with Gasteiger partial charge in [0.15, 0.2) is 11.6 Å². The number of benzene rings is 3. The number of hydrogen-bond acceptors (Lipinski definition) is 4. The van der Waals surface area contributed by atoms with E-state index in [2.05, 4.69) is 15.5 Å². The number of H-pyrrole nitrogens is 1. The molecule has 8 nitrogen and oxygen atoms in total. The number of carbonyl (C=O) groups excluding carboxylic acids is 3. The van der Waals surface area contributed by atoms with E-state index in [-0.39, 0.29) is 29.5 Å². The van der Waals surface area contributed by atoms with Gasteiger partial charge in [0.05, 0.1) is 11.9 Å². The Bertz CT molecular complexity index is 1830. The third-order valence-electron chi connectivity index (χ3n) is 7.69. The Morgan fingerprint density at radius 2 is 1.88 bits per heavy atom. The Hall–Kier alpha value is -4.76.